The predicted octanol–water partition coefficient (Wildman–Crippen LogP) is 1.32. The minimum atomic E-state index is 0.595. The number of methoxy groups -OCH3 is 3. The second-order valence-corrected chi connectivity index (χ2v) is 8.24. The number of benzene rings is 2. The van der Waals surface area contributed by atoms with Crippen molar-refractivity contribution >= 4 is 0 Å². The van der Waals surface area contributed by atoms with Crippen molar-refractivity contribution in [3.05, 3.63) is 53.1 Å². The molecule has 2 aromatic carbocycles. The summed E-state index contributed by atoms with van der Waals surface area (Å²) in [5, 5.41) is 0. The Labute approximate surface area is 175 Å². The molecule has 0 radical (unpaired) electrons. The molecule has 158 valence electrons. The zero-order valence-corrected chi connectivity index (χ0v) is 18.5. The van der Waals surface area contributed by atoms with Crippen LogP contribution in [0.4, 0.5) is 0 Å². The normalized spacial score (nSPS) is 19.2. The molecule has 1 aliphatic heterocycles. The average molecular weight is 401 g/mol. The number of hydrogen-bond donors (Lipinski definition) is 2. The molecule has 0 aliphatic carbocycles. The lowest BCUT2D eigenvalue weighted by molar-refractivity contribution is -1.02. The van der Waals surface area contributed by atoms with Crippen LogP contribution < -0.4 is 24.0 Å². The summed E-state index contributed by atoms with van der Waals surface area (Å²) >= 11 is 0. The van der Waals surface area contributed by atoms with Gasteiger partial charge in [0.05, 0.1) is 26.9 Å². The molecule has 1 fully saturated rings. The Morgan fingerprint density at radius 2 is 1.31 bits per heavy atom. The Morgan fingerprint density at radius 1 is 0.724 bits per heavy atom. The van der Waals surface area contributed by atoms with E-state index in [1.54, 1.807) is 31.1 Å². The highest BCUT2D eigenvalue weighted by atomic mass is 16.5. The van der Waals surface area contributed by atoms with Gasteiger partial charge in [-0.15, -0.1) is 0 Å². The van der Waals surface area contributed by atoms with Crippen molar-refractivity contribution in [2.24, 2.45) is 0 Å². The maximum atomic E-state index is 5.65. The van der Waals surface area contributed by atoms with Crippen molar-refractivity contribution in [3.63, 3.8) is 0 Å². The van der Waals surface area contributed by atoms with Gasteiger partial charge < -0.3 is 24.0 Å². The highest BCUT2D eigenvalue weighted by Crippen LogP contribution is 2.39. The molecule has 0 amide bonds. The largest absolute Gasteiger partial charge is 0.493 e. The first kappa shape index (κ1) is 21.5. The molecular formula is C24H36N2O3+2. The zero-order valence-electron chi connectivity index (χ0n) is 18.5. The summed E-state index contributed by atoms with van der Waals surface area (Å²) in [7, 11) is 5.01. The van der Waals surface area contributed by atoms with E-state index in [-0.39, 0.29) is 0 Å². The Bertz CT molecular complexity index is 781. The molecule has 0 bridgehead atoms. The average Bonchev–Trinajstić information content (AvgIpc) is 2.75. The van der Waals surface area contributed by atoms with Crippen LogP contribution in [0.2, 0.25) is 0 Å². The maximum absolute atomic E-state index is 5.65. The summed E-state index contributed by atoms with van der Waals surface area (Å²) in [6.07, 6.45) is 0. The van der Waals surface area contributed by atoms with Gasteiger partial charge >= 0.3 is 0 Å². The number of quaternary nitrogens is 2. The van der Waals surface area contributed by atoms with Gasteiger partial charge in [-0.2, -0.15) is 0 Å². The van der Waals surface area contributed by atoms with Crippen molar-refractivity contribution in [2.75, 3.05) is 47.5 Å². The minimum absolute atomic E-state index is 0.595. The van der Waals surface area contributed by atoms with Gasteiger partial charge in [-0.25, -0.2) is 0 Å². The van der Waals surface area contributed by atoms with Crippen LogP contribution in [0.15, 0.2) is 36.4 Å². The van der Waals surface area contributed by atoms with Crippen molar-refractivity contribution in [1.82, 2.24) is 0 Å². The SMILES string of the molecule is COc1ccc(C[NH+]2CC[NH+](Cc3ccc(C(C)C)cc3)CC2)c(OC)c1OC. The fourth-order valence-electron chi connectivity index (χ4n) is 4.19. The molecule has 5 heteroatoms. The van der Waals surface area contributed by atoms with Gasteiger partial charge in [0.2, 0.25) is 5.75 Å². The summed E-state index contributed by atoms with van der Waals surface area (Å²) in [5.41, 5.74) is 4.03. The van der Waals surface area contributed by atoms with Gasteiger partial charge in [-0.3, -0.25) is 0 Å². The van der Waals surface area contributed by atoms with Gasteiger partial charge in [-0.05, 0) is 23.6 Å². The van der Waals surface area contributed by atoms with Crippen molar-refractivity contribution in [3.8, 4) is 17.2 Å². The van der Waals surface area contributed by atoms with Gasteiger partial charge in [0.25, 0.3) is 0 Å². The molecule has 0 aromatic heterocycles. The third-order valence-corrected chi connectivity index (χ3v) is 5.99. The quantitative estimate of drug-likeness (QED) is 0.702. The highest BCUT2D eigenvalue weighted by molar-refractivity contribution is 5.55. The Hall–Kier alpha value is -2.24. The minimum Gasteiger partial charge on any atom is -0.493 e. The van der Waals surface area contributed by atoms with E-state index in [1.165, 1.54) is 29.8 Å². The topological polar surface area (TPSA) is 36.6 Å². The van der Waals surface area contributed by atoms with Crippen LogP contribution in [-0.4, -0.2) is 47.5 Å². The molecule has 0 unspecified atom stereocenters. The summed E-state index contributed by atoms with van der Waals surface area (Å²) in [4.78, 5) is 3.26. The smallest absolute Gasteiger partial charge is 0.203 e. The van der Waals surface area contributed by atoms with Gasteiger partial charge in [0, 0.05) is 5.56 Å². The van der Waals surface area contributed by atoms with Crippen LogP contribution in [0.25, 0.3) is 0 Å². The Kier molecular flexibility index (Phi) is 7.40. The summed E-state index contributed by atoms with van der Waals surface area (Å²) in [5.74, 6) is 2.78. The molecule has 0 atom stereocenters. The number of nitrogens with one attached hydrogen (secondary N) is 2. The van der Waals surface area contributed by atoms with Crippen molar-refractivity contribution < 1.29 is 24.0 Å². The fraction of sp³-hybridized carbons (Fsp3) is 0.500. The van der Waals surface area contributed by atoms with E-state index >= 15 is 0 Å². The van der Waals surface area contributed by atoms with E-state index in [2.05, 4.69) is 44.2 Å². The summed E-state index contributed by atoms with van der Waals surface area (Å²) in [6, 6.07) is 13.2. The lowest BCUT2D eigenvalue weighted by Crippen LogP contribution is -3.27. The second kappa shape index (κ2) is 9.99. The molecule has 0 spiro atoms. The molecule has 1 aliphatic rings. The van der Waals surface area contributed by atoms with Crippen LogP contribution in [0.5, 0.6) is 17.2 Å². The molecule has 2 aromatic rings. The maximum Gasteiger partial charge on any atom is 0.203 e. The number of hydrogen-bond acceptors (Lipinski definition) is 3. The van der Waals surface area contributed by atoms with E-state index < -0.39 is 0 Å². The fourth-order valence-corrected chi connectivity index (χ4v) is 4.19. The first-order chi connectivity index (χ1) is 14.0. The van der Waals surface area contributed by atoms with Crippen LogP contribution in [0.1, 0.15) is 36.5 Å². The number of piperazine rings is 1. The number of ether oxygens (including phenoxy) is 3. The van der Waals surface area contributed by atoms with Gasteiger partial charge in [-0.1, -0.05) is 38.1 Å². The molecule has 1 saturated heterocycles. The molecular weight excluding hydrogens is 364 g/mol. The molecule has 1 heterocycles. The lowest BCUT2D eigenvalue weighted by atomic mass is 10.0. The molecule has 5 nitrogen and oxygen atoms in total. The molecule has 3 rings (SSSR count). The van der Waals surface area contributed by atoms with Gasteiger partial charge in [0.15, 0.2) is 11.5 Å². The van der Waals surface area contributed by atoms with Crippen LogP contribution in [0.3, 0.4) is 0 Å². The standard InChI is InChI=1S/C24H34N2O3/c1-18(2)20-8-6-19(7-9-20)16-25-12-14-26(15-13-25)17-21-10-11-22(27-3)24(29-5)23(21)28-4/h6-11,18H,12-17H2,1-5H3/p+2. The highest BCUT2D eigenvalue weighted by Gasteiger charge is 2.25. The second-order valence-electron chi connectivity index (χ2n) is 8.24. The van der Waals surface area contributed by atoms with Crippen LogP contribution in [0, 0.1) is 0 Å². The Balaban J connectivity index is 1.57. The van der Waals surface area contributed by atoms with Gasteiger partial charge in [0.1, 0.15) is 39.3 Å². The predicted molar refractivity (Wildman–Crippen MR) is 115 cm³/mol. The van der Waals surface area contributed by atoms with E-state index in [0.717, 1.165) is 31.9 Å². The molecule has 0 saturated carbocycles. The summed E-state index contributed by atoms with van der Waals surface area (Å²) < 4.78 is 16.6. The number of rotatable bonds is 8. The monoisotopic (exact) mass is 400 g/mol. The zero-order chi connectivity index (χ0) is 20.8. The third-order valence-electron chi connectivity index (χ3n) is 5.99. The van der Waals surface area contributed by atoms with E-state index in [1.807, 2.05) is 6.07 Å². The van der Waals surface area contributed by atoms with E-state index in [4.69, 9.17) is 14.2 Å². The van der Waals surface area contributed by atoms with Crippen LogP contribution in [-0.2, 0) is 13.1 Å². The van der Waals surface area contributed by atoms with Crippen molar-refractivity contribution in [1.29, 1.82) is 0 Å². The summed E-state index contributed by atoms with van der Waals surface area (Å²) in [6.45, 7) is 11.3. The van der Waals surface area contributed by atoms with E-state index in [0.29, 0.717) is 17.4 Å². The Morgan fingerprint density at radius 3 is 1.83 bits per heavy atom. The molecule has 2 N–H and O–H groups in total. The first-order valence-corrected chi connectivity index (χ1v) is 10.6. The molecule has 29 heavy (non-hydrogen) atoms. The lowest BCUT2D eigenvalue weighted by Gasteiger charge is -2.30. The van der Waals surface area contributed by atoms with Crippen LogP contribution >= 0.6 is 0 Å². The van der Waals surface area contributed by atoms with Crippen molar-refractivity contribution in [2.45, 2.75) is 32.9 Å². The van der Waals surface area contributed by atoms with E-state index in [9.17, 15) is 0 Å². The first-order valence-electron chi connectivity index (χ1n) is 10.6. The third kappa shape index (κ3) is 5.22.